The van der Waals surface area contributed by atoms with Crippen LogP contribution in [0.25, 0.3) is 28.2 Å². The van der Waals surface area contributed by atoms with Gasteiger partial charge in [0.05, 0.1) is 18.7 Å². The average Bonchev–Trinajstić information content (AvgIpc) is 3.81. The lowest BCUT2D eigenvalue weighted by Crippen LogP contribution is -2.38. The van der Waals surface area contributed by atoms with E-state index >= 15 is 0 Å². The summed E-state index contributed by atoms with van der Waals surface area (Å²) in [5, 5.41) is 14.9. The SMILES string of the molecule is Cc1ccccc1-c1noc(C2CC2)c1/C=C/C1C2CN(c3ccc4nc(C(=O)O)cc(OC5COC5)c4c3)CC12. The average molecular weight is 550 g/mol. The molecule has 208 valence electrons. The van der Waals surface area contributed by atoms with Crippen LogP contribution in [0.15, 0.2) is 59.1 Å². The topological polar surface area (TPSA) is 97.9 Å². The predicted octanol–water partition coefficient (Wildman–Crippen LogP) is 5.95. The molecule has 41 heavy (non-hydrogen) atoms. The molecular formula is C33H31N3O5. The number of aromatic nitrogens is 2. The molecular weight excluding hydrogens is 518 g/mol. The van der Waals surface area contributed by atoms with Crippen LogP contribution in [0.2, 0.25) is 0 Å². The number of carboxylic acid groups (broad SMARTS) is 1. The smallest absolute Gasteiger partial charge is 0.354 e. The van der Waals surface area contributed by atoms with Crippen molar-refractivity contribution in [3.63, 3.8) is 0 Å². The number of benzene rings is 2. The van der Waals surface area contributed by atoms with E-state index in [1.807, 2.05) is 12.1 Å². The number of carboxylic acids is 1. The maximum atomic E-state index is 11.6. The Labute approximate surface area is 237 Å². The predicted molar refractivity (Wildman–Crippen MR) is 154 cm³/mol. The number of hydrogen-bond donors (Lipinski definition) is 1. The van der Waals surface area contributed by atoms with Crippen LogP contribution < -0.4 is 9.64 Å². The van der Waals surface area contributed by atoms with Crippen LogP contribution in [0.5, 0.6) is 5.75 Å². The van der Waals surface area contributed by atoms with Crippen molar-refractivity contribution in [2.75, 3.05) is 31.2 Å². The van der Waals surface area contributed by atoms with Crippen LogP contribution in [0.3, 0.4) is 0 Å². The van der Waals surface area contributed by atoms with Gasteiger partial charge in [0.2, 0.25) is 0 Å². The molecule has 2 saturated heterocycles. The number of rotatable bonds is 8. The van der Waals surface area contributed by atoms with Gasteiger partial charge in [-0.2, -0.15) is 0 Å². The first-order valence-electron chi connectivity index (χ1n) is 14.4. The fourth-order valence-corrected chi connectivity index (χ4v) is 6.47. The number of piperidine rings is 1. The van der Waals surface area contributed by atoms with Gasteiger partial charge in [-0.25, -0.2) is 9.78 Å². The van der Waals surface area contributed by atoms with Crippen LogP contribution in [0, 0.1) is 24.7 Å². The molecule has 8 heteroatoms. The van der Waals surface area contributed by atoms with Crippen molar-refractivity contribution in [1.29, 1.82) is 0 Å². The van der Waals surface area contributed by atoms with E-state index in [9.17, 15) is 9.90 Å². The van der Waals surface area contributed by atoms with Crippen molar-refractivity contribution in [2.45, 2.75) is 31.8 Å². The second-order valence-electron chi connectivity index (χ2n) is 11.9. The number of nitrogens with zero attached hydrogens (tertiary/aromatic N) is 3. The van der Waals surface area contributed by atoms with Crippen molar-refractivity contribution in [3.8, 4) is 17.0 Å². The monoisotopic (exact) mass is 549 g/mol. The summed E-state index contributed by atoms with van der Waals surface area (Å²) < 4.78 is 17.2. The second-order valence-corrected chi connectivity index (χ2v) is 11.9. The van der Waals surface area contributed by atoms with Crippen LogP contribution >= 0.6 is 0 Å². The van der Waals surface area contributed by atoms with Gasteiger partial charge in [-0.15, -0.1) is 0 Å². The molecule has 8 rings (SSSR count). The minimum atomic E-state index is -1.06. The Bertz CT molecular complexity index is 1690. The van der Waals surface area contributed by atoms with E-state index in [2.05, 4.69) is 64.4 Å². The minimum absolute atomic E-state index is 0.0132. The first-order valence-corrected chi connectivity index (χ1v) is 14.4. The van der Waals surface area contributed by atoms with E-state index in [1.165, 1.54) is 24.5 Å². The summed E-state index contributed by atoms with van der Waals surface area (Å²) in [5.41, 5.74) is 6.17. The normalized spacial score (nSPS) is 23.6. The highest BCUT2D eigenvalue weighted by Gasteiger charge is 2.54. The summed E-state index contributed by atoms with van der Waals surface area (Å²) >= 11 is 0. The van der Waals surface area contributed by atoms with Gasteiger partial charge in [0.1, 0.15) is 23.3 Å². The summed E-state index contributed by atoms with van der Waals surface area (Å²) in [4.78, 5) is 18.4. The highest BCUT2D eigenvalue weighted by atomic mass is 16.6. The first kappa shape index (κ1) is 24.6. The molecule has 2 atom stereocenters. The zero-order chi connectivity index (χ0) is 27.7. The van der Waals surface area contributed by atoms with Gasteiger partial charge in [0.25, 0.3) is 0 Å². The number of hydrogen-bond acceptors (Lipinski definition) is 7. The lowest BCUT2D eigenvalue weighted by Gasteiger charge is -2.28. The molecule has 0 radical (unpaired) electrons. The maximum Gasteiger partial charge on any atom is 0.354 e. The van der Waals surface area contributed by atoms with Gasteiger partial charge in [0.15, 0.2) is 5.69 Å². The Balaban J connectivity index is 1.01. The number of aryl methyl sites for hydroxylation is 1. The van der Waals surface area contributed by atoms with E-state index in [4.69, 9.17) is 14.0 Å². The summed E-state index contributed by atoms with van der Waals surface area (Å²) in [6, 6.07) is 15.9. The van der Waals surface area contributed by atoms with Gasteiger partial charge >= 0.3 is 5.97 Å². The van der Waals surface area contributed by atoms with Gasteiger partial charge in [0, 0.05) is 47.3 Å². The summed E-state index contributed by atoms with van der Waals surface area (Å²) in [6.07, 6.45) is 6.95. The number of carbonyl (C=O) groups is 1. The Morgan fingerprint density at radius 2 is 1.90 bits per heavy atom. The Morgan fingerprint density at radius 1 is 1.10 bits per heavy atom. The van der Waals surface area contributed by atoms with Crippen molar-refractivity contribution < 1.29 is 23.9 Å². The van der Waals surface area contributed by atoms with Gasteiger partial charge < -0.3 is 24.0 Å². The lowest BCUT2D eigenvalue weighted by atomic mass is 9.99. The van der Waals surface area contributed by atoms with E-state index in [1.54, 1.807) is 0 Å². The quantitative estimate of drug-likeness (QED) is 0.288. The molecule has 8 nitrogen and oxygen atoms in total. The Hall–Kier alpha value is -4.17. The highest BCUT2D eigenvalue weighted by Crippen LogP contribution is 2.54. The highest BCUT2D eigenvalue weighted by molar-refractivity contribution is 5.94. The Morgan fingerprint density at radius 3 is 2.61 bits per heavy atom. The van der Waals surface area contributed by atoms with Crippen LogP contribution in [0.4, 0.5) is 5.69 Å². The number of anilines is 1. The van der Waals surface area contributed by atoms with Gasteiger partial charge in [-0.1, -0.05) is 41.6 Å². The number of pyridine rings is 1. The van der Waals surface area contributed by atoms with E-state index in [-0.39, 0.29) is 11.8 Å². The molecule has 1 N–H and O–H groups in total. The van der Waals surface area contributed by atoms with E-state index in [0.717, 1.165) is 46.7 Å². The third-order valence-electron chi connectivity index (χ3n) is 9.09. The first-order chi connectivity index (χ1) is 20.0. The summed E-state index contributed by atoms with van der Waals surface area (Å²) in [6.45, 7) is 5.13. The largest absolute Gasteiger partial charge is 0.485 e. The fraction of sp³-hybridized carbons (Fsp3) is 0.364. The summed E-state index contributed by atoms with van der Waals surface area (Å²) in [7, 11) is 0. The van der Waals surface area contributed by atoms with Gasteiger partial charge in [-0.3, -0.25) is 0 Å². The minimum Gasteiger partial charge on any atom is -0.485 e. The molecule has 0 spiro atoms. The van der Waals surface area contributed by atoms with Crippen molar-refractivity contribution in [2.24, 2.45) is 17.8 Å². The second kappa shape index (κ2) is 9.45. The molecule has 4 aliphatic rings. The molecule has 4 fully saturated rings. The number of allylic oxidation sites excluding steroid dienone is 1. The number of fused-ring (bicyclic) bond motifs is 2. The van der Waals surface area contributed by atoms with Gasteiger partial charge in [-0.05, 0) is 61.3 Å². The third kappa shape index (κ3) is 4.37. The molecule has 4 aromatic rings. The zero-order valence-electron chi connectivity index (χ0n) is 22.8. The lowest BCUT2D eigenvalue weighted by molar-refractivity contribution is -0.0791. The number of aromatic carboxylic acids is 1. The van der Waals surface area contributed by atoms with Crippen LogP contribution in [-0.4, -0.2) is 53.6 Å². The Kier molecular flexibility index (Phi) is 5.67. The third-order valence-corrected chi connectivity index (χ3v) is 9.09. The molecule has 2 aromatic carbocycles. The standard InChI is InChI=1S/C33H31N3O5/c1-18-4-2-3-5-22(18)31-24(32(41-35-31)19-6-7-19)10-9-23-26-14-36(15-27(23)26)20-8-11-28-25(12-20)30(40-21-16-39-17-21)13-29(34-28)33(37)38/h2-5,8-13,19,21,23,26-27H,6-7,14-17H2,1H3,(H,37,38)/b10-9+. The molecule has 2 aliphatic heterocycles. The maximum absolute atomic E-state index is 11.6. The van der Waals surface area contributed by atoms with Crippen molar-refractivity contribution in [1.82, 2.24) is 10.1 Å². The van der Waals surface area contributed by atoms with E-state index in [0.29, 0.717) is 48.2 Å². The van der Waals surface area contributed by atoms with Crippen LogP contribution in [-0.2, 0) is 4.74 Å². The van der Waals surface area contributed by atoms with Crippen molar-refractivity contribution in [3.05, 3.63) is 77.2 Å². The van der Waals surface area contributed by atoms with Crippen molar-refractivity contribution >= 4 is 28.6 Å². The summed E-state index contributed by atoms with van der Waals surface area (Å²) in [5.74, 6) is 2.80. The molecule has 0 amide bonds. The van der Waals surface area contributed by atoms with Crippen LogP contribution in [0.1, 0.15) is 46.1 Å². The molecule has 2 aliphatic carbocycles. The molecule has 0 bridgehead atoms. The molecule has 2 aromatic heterocycles. The number of ether oxygens (including phenoxy) is 2. The van der Waals surface area contributed by atoms with E-state index < -0.39 is 5.97 Å². The molecule has 2 saturated carbocycles. The zero-order valence-corrected chi connectivity index (χ0v) is 22.8. The molecule has 4 heterocycles. The molecule has 2 unspecified atom stereocenters. The fourth-order valence-electron chi connectivity index (χ4n) is 6.47.